The summed E-state index contributed by atoms with van der Waals surface area (Å²) < 4.78 is 25.8. The van der Waals surface area contributed by atoms with Gasteiger partial charge in [-0.3, -0.25) is 0 Å². The number of benzene rings is 2. The summed E-state index contributed by atoms with van der Waals surface area (Å²) in [5.41, 5.74) is 3.44. The van der Waals surface area contributed by atoms with E-state index in [0.717, 1.165) is 12.1 Å². The second kappa shape index (κ2) is 6.85. The minimum absolute atomic E-state index is 0.292. The second-order valence-corrected chi connectivity index (χ2v) is 6.77. The van der Waals surface area contributed by atoms with Crippen LogP contribution >= 0.6 is 0 Å². The van der Waals surface area contributed by atoms with E-state index >= 15 is 0 Å². The van der Waals surface area contributed by atoms with Gasteiger partial charge in [-0.15, -0.1) is 0 Å². The molecule has 0 aliphatic carbocycles. The van der Waals surface area contributed by atoms with Crippen molar-refractivity contribution in [3.8, 4) is 0 Å². The van der Waals surface area contributed by atoms with Gasteiger partial charge in [-0.2, -0.15) is 0 Å². The van der Waals surface area contributed by atoms with E-state index in [4.69, 9.17) is 0 Å². The highest BCUT2D eigenvalue weighted by molar-refractivity contribution is 7.89. The fraction of sp³-hybridized carbons (Fsp3) is 0.250. The standard InChI is InChI=1S/C16H20N2O2S/c1-13-6-3-4-8-15(13)12-18-11-14-7-5-9-16(10-14)21(19,20)17-2/h3-10,17-18H,11-12H2,1-2H3. The van der Waals surface area contributed by atoms with Crippen molar-refractivity contribution in [3.63, 3.8) is 0 Å². The SMILES string of the molecule is CNS(=O)(=O)c1cccc(CNCc2ccccc2C)c1. The van der Waals surface area contributed by atoms with E-state index in [-0.39, 0.29) is 0 Å². The highest BCUT2D eigenvalue weighted by atomic mass is 32.2. The molecule has 2 rings (SSSR count). The van der Waals surface area contributed by atoms with Gasteiger partial charge < -0.3 is 5.32 Å². The highest BCUT2D eigenvalue weighted by Gasteiger charge is 2.11. The van der Waals surface area contributed by atoms with Crippen molar-refractivity contribution in [2.45, 2.75) is 24.9 Å². The monoisotopic (exact) mass is 304 g/mol. The Morgan fingerprint density at radius 1 is 1.00 bits per heavy atom. The van der Waals surface area contributed by atoms with Crippen LogP contribution in [-0.4, -0.2) is 15.5 Å². The first-order valence-corrected chi connectivity index (χ1v) is 8.29. The lowest BCUT2D eigenvalue weighted by molar-refractivity contribution is 0.588. The molecule has 2 aromatic rings. The van der Waals surface area contributed by atoms with Gasteiger partial charge in [-0.05, 0) is 42.8 Å². The first-order valence-electron chi connectivity index (χ1n) is 6.80. The predicted octanol–water partition coefficient (Wildman–Crippen LogP) is 2.19. The summed E-state index contributed by atoms with van der Waals surface area (Å²) in [6, 6.07) is 15.2. The summed E-state index contributed by atoms with van der Waals surface area (Å²) in [5.74, 6) is 0. The van der Waals surface area contributed by atoms with E-state index in [9.17, 15) is 8.42 Å². The van der Waals surface area contributed by atoms with Crippen molar-refractivity contribution >= 4 is 10.0 Å². The molecule has 0 atom stereocenters. The maximum Gasteiger partial charge on any atom is 0.240 e. The van der Waals surface area contributed by atoms with Crippen LogP contribution < -0.4 is 10.0 Å². The molecule has 0 spiro atoms. The van der Waals surface area contributed by atoms with Gasteiger partial charge in [0.05, 0.1) is 4.90 Å². The first kappa shape index (κ1) is 15.7. The molecule has 0 saturated carbocycles. The average molecular weight is 304 g/mol. The number of aryl methyl sites for hydroxylation is 1. The van der Waals surface area contributed by atoms with Crippen LogP contribution in [0.5, 0.6) is 0 Å². The highest BCUT2D eigenvalue weighted by Crippen LogP contribution is 2.12. The van der Waals surface area contributed by atoms with E-state index in [1.807, 2.05) is 18.2 Å². The smallest absolute Gasteiger partial charge is 0.240 e. The Hall–Kier alpha value is -1.69. The molecular weight excluding hydrogens is 284 g/mol. The summed E-state index contributed by atoms with van der Waals surface area (Å²) in [4.78, 5) is 0.292. The molecule has 5 heteroatoms. The van der Waals surface area contributed by atoms with E-state index < -0.39 is 10.0 Å². The number of sulfonamides is 1. The van der Waals surface area contributed by atoms with Crippen molar-refractivity contribution in [3.05, 3.63) is 65.2 Å². The minimum Gasteiger partial charge on any atom is -0.309 e. The molecule has 0 radical (unpaired) electrons. The fourth-order valence-corrected chi connectivity index (χ4v) is 2.89. The number of hydrogen-bond donors (Lipinski definition) is 2. The molecular formula is C16H20N2O2S. The third-order valence-corrected chi connectivity index (χ3v) is 4.80. The van der Waals surface area contributed by atoms with Crippen LogP contribution in [0.1, 0.15) is 16.7 Å². The van der Waals surface area contributed by atoms with Crippen LogP contribution in [0.2, 0.25) is 0 Å². The third kappa shape index (κ3) is 4.14. The molecule has 0 bridgehead atoms. The summed E-state index contributed by atoms with van der Waals surface area (Å²) in [5, 5.41) is 3.34. The van der Waals surface area contributed by atoms with Gasteiger partial charge in [-0.1, -0.05) is 36.4 Å². The summed E-state index contributed by atoms with van der Waals surface area (Å²) in [6.07, 6.45) is 0. The maximum atomic E-state index is 11.8. The van der Waals surface area contributed by atoms with E-state index in [1.165, 1.54) is 18.2 Å². The zero-order valence-corrected chi connectivity index (χ0v) is 13.1. The molecule has 112 valence electrons. The van der Waals surface area contributed by atoms with Gasteiger partial charge >= 0.3 is 0 Å². The van der Waals surface area contributed by atoms with Crippen molar-refractivity contribution < 1.29 is 8.42 Å². The minimum atomic E-state index is -3.38. The molecule has 0 heterocycles. The van der Waals surface area contributed by atoms with Gasteiger partial charge in [0.1, 0.15) is 0 Å². The molecule has 0 amide bonds. The van der Waals surface area contributed by atoms with E-state index in [0.29, 0.717) is 11.4 Å². The van der Waals surface area contributed by atoms with Crippen LogP contribution in [0.4, 0.5) is 0 Å². The van der Waals surface area contributed by atoms with Crippen molar-refractivity contribution in [2.75, 3.05) is 7.05 Å². The Kier molecular flexibility index (Phi) is 5.12. The fourth-order valence-electron chi connectivity index (χ4n) is 2.09. The molecule has 0 fully saturated rings. The van der Waals surface area contributed by atoms with Gasteiger partial charge in [0.15, 0.2) is 0 Å². The van der Waals surface area contributed by atoms with E-state index in [2.05, 4.69) is 29.1 Å². The molecule has 4 nitrogen and oxygen atoms in total. The third-order valence-electron chi connectivity index (χ3n) is 3.38. The Bertz CT molecular complexity index is 712. The van der Waals surface area contributed by atoms with Crippen LogP contribution in [0, 0.1) is 6.92 Å². The van der Waals surface area contributed by atoms with Gasteiger partial charge in [0.25, 0.3) is 0 Å². The molecule has 0 saturated heterocycles. The van der Waals surface area contributed by atoms with Gasteiger partial charge in [-0.25, -0.2) is 13.1 Å². The number of hydrogen-bond acceptors (Lipinski definition) is 3. The summed E-state index contributed by atoms with van der Waals surface area (Å²) >= 11 is 0. The topological polar surface area (TPSA) is 58.2 Å². The molecule has 2 N–H and O–H groups in total. The number of rotatable bonds is 6. The summed E-state index contributed by atoms with van der Waals surface area (Å²) in [7, 11) is -1.97. The summed E-state index contributed by atoms with van der Waals surface area (Å²) in [6.45, 7) is 3.47. The molecule has 0 aliphatic heterocycles. The van der Waals surface area contributed by atoms with Crippen molar-refractivity contribution in [1.82, 2.24) is 10.0 Å². The normalized spacial score (nSPS) is 11.5. The lowest BCUT2D eigenvalue weighted by atomic mass is 10.1. The van der Waals surface area contributed by atoms with Crippen molar-refractivity contribution in [1.29, 1.82) is 0 Å². The predicted molar refractivity (Wildman–Crippen MR) is 84.4 cm³/mol. The lowest BCUT2D eigenvalue weighted by Gasteiger charge is -2.09. The molecule has 0 aromatic heterocycles. The van der Waals surface area contributed by atoms with E-state index in [1.54, 1.807) is 18.2 Å². The largest absolute Gasteiger partial charge is 0.309 e. The van der Waals surface area contributed by atoms with Gasteiger partial charge in [0, 0.05) is 13.1 Å². The zero-order chi connectivity index (χ0) is 15.3. The molecule has 2 aromatic carbocycles. The van der Waals surface area contributed by atoms with Crippen molar-refractivity contribution in [2.24, 2.45) is 0 Å². The molecule has 21 heavy (non-hydrogen) atoms. The van der Waals surface area contributed by atoms with Crippen LogP contribution in [0.15, 0.2) is 53.4 Å². The Morgan fingerprint density at radius 2 is 1.76 bits per heavy atom. The van der Waals surface area contributed by atoms with Crippen LogP contribution in [0.25, 0.3) is 0 Å². The quantitative estimate of drug-likeness (QED) is 0.860. The van der Waals surface area contributed by atoms with Gasteiger partial charge in [0.2, 0.25) is 10.0 Å². The molecule has 0 aliphatic rings. The Labute approximate surface area is 126 Å². The zero-order valence-electron chi connectivity index (χ0n) is 12.3. The second-order valence-electron chi connectivity index (χ2n) is 4.89. The first-order chi connectivity index (χ1) is 10.0. The van der Waals surface area contributed by atoms with Crippen LogP contribution in [-0.2, 0) is 23.1 Å². The lowest BCUT2D eigenvalue weighted by Crippen LogP contribution is -2.19. The van der Waals surface area contributed by atoms with Crippen LogP contribution in [0.3, 0.4) is 0 Å². The average Bonchev–Trinajstić information content (AvgIpc) is 2.49. The molecule has 0 unspecified atom stereocenters. The maximum absolute atomic E-state index is 11.8. The Balaban J connectivity index is 2.01. The Morgan fingerprint density at radius 3 is 2.48 bits per heavy atom. The number of nitrogens with one attached hydrogen (secondary N) is 2.